The average molecular weight is 249 g/mol. The molecular weight excluding hydrogens is 235 g/mol. The summed E-state index contributed by atoms with van der Waals surface area (Å²) in [6.45, 7) is 1.56. The summed E-state index contributed by atoms with van der Waals surface area (Å²) in [5.74, 6) is 0. The molecule has 0 amide bonds. The van der Waals surface area contributed by atoms with Crippen LogP contribution < -0.4 is 5.32 Å². The van der Waals surface area contributed by atoms with Crippen molar-refractivity contribution in [1.82, 2.24) is 5.32 Å². The summed E-state index contributed by atoms with van der Waals surface area (Å²) in [7, 11) is 0. The van der Waals surface area contributed by atoms with Gasteiger partial charge < -0.3 is 5.32 Å². The van der Waals surface area contributed by atoms with Crippen LogP contribution in [0.3, 0.4) is 0 Å². The summed E-state index contributed by atoms with van der Waals surface area (Å²) in [6.07, 6.45) is -1.83. The van der Waals surface area contributed by atoms with Gasteiger partial charge in [0.2, 0.25) is 0 Å². The molecule has 0 aliphatic heterocycles. The highest BCUT2D eigenvalue weighted by molar-refractivity contribution is 7.08. The number of alkyl halides is 3. The van der Waals surface area contributed by atoms with E-state index in [0.29, 0.717) is 6.54 Å². The van der Waals surface area contributed by atoms with Crippen molar-refractivity contribution in [2.24, 2.45) is 0 Å². The maximum absolute atomic E-state index is 12.0. The van der Waals surface area contributed by atoms with Gasteiger partial charge in [-0.25, -0.2) is 0 Å². The second-order valence-electron chi connectivity index (χ2n) is 4.59. The first-order chi connectivity index (χ1) is 7.41. The first-order valence-corrected chi connectivity index (χ1v) is 6.18. The predicted molar refractivity (Wildman–Crippen MR) is 58.7 cm³/mol. The van der Waals surface area contributed by atoms with E-state index in [1.165, 1.54) is 5.56 Å². The molecule has 1 aromatic heterocycles. The van der Waals surface area contributed by atoms with E-state index in [0.717, 1.165) is 18.4 Å². The molecular formula is C11H14F3NS. The standard InChI is InChI=1S/C11H14F3NS/c1-10(2-3-10)9-6-16-5-8(9)4-15-7-11(12,13)14/h5-6,15H,2-4,7H2,1H3. The van der Waals surface area contributed by atoms with Gasteiger partial charge in [0, 0.05) is 6.54 Å². The van der Waals surface area contributed by atoms with E-state index in [9.17, 15) is 13.2 Å². The monoisotopic (exact) mass is 249 g/mol. The van der Waals surface area contributed by atoms with Gasteiger partial charge in [-0.3, -0.25) is 0 Å². The van der Waals surface area contributed by atoms with Crippen molar-refractivity contribution in [3.8, 4) is 0 Å². The summed E-state index contributed by atoms with van der Waals surface area (Å²) in [5, 5.41) is 6.46. The maximum Gasteiger partial charge on any atom is 0.401 e. The van der Waals surface area contributed by atoms with Crippen LogP contribution in [0.15, 0.2) is 10.8 Å². The lowest BCUT2D eigenvalue weighted by Crippen LogP contribution is -2.28. The summed E-state index contributed by atoms with van der Waals surface area (Å²) >= 11 is 1.57. The van der Waals surface area contributed by atoms with Gasteiger partial charge in [-0.15, -0.1) is 0 Å². The van der Waals surface area contributed by atoms with Crippen molar-refractivity contribution in [2.45, 2.75) is 37.9 Å². The highest BCUT2D eigenvalue weighted by atomic mass is 32.1. The van der Waals surface area contributed by atoms with Gasteiger partial charge in [-0.1, -0.05) is 6.92 Å². The number of hydrogen-bond acceptors (Lipinski definition) is 2. The Morgan fingerprint density at radius 2 is 2.06 bits per heavy atom. The van der Waals surface area contributed by atoms with Gasteiger partial charge in [0.05, 0.1) is 6.54 Å². The predicted octanol–water partition coefficient (Wildman–Crippen LogP) is 3.45. The Bertz CT molecular complexity index is 366. The van der Waals surface area contributed by atoms with Crippen LogP contribution in [-0.2, 0) is 12.0 Å². The van der Waals surface area contributed by atoms with Crippen molar-refractivity contribution in [1.29, 1.82) is 0 Å². The number of halogens is 3. The Balaban J connectivity index is 1.93. The van der Waals surface area contributed by atoms with Crippen molar-refractivity contribution in [2.75, 3.05) is 6.54 Å². The van der Waals surface area contributed by atoms with Crippen molar-refractivity contribution in [3.05, 3.63) is 21.9 Å². The van der Waals surface area contributed by atoms with Gasteiger partial charge in [0.25, 0.3) is 0 Å². The van der Waals surface area contributed by atoms with Crippen LogP contribution in [0.5, 0.6) is 0 Å². The molecule has 0 atom stereocenters. The molecule has 0 aromatic carbocycles. The zero-order chi connectivity index (χ0) is 11.8. The molecule has 0 unspecified atom stereocenters. The van der Waals surface area contributed by atoms with Gasteiger partial charge in [-0.05, 0) is 40.1 Å². The van der Waals surface area contributed by atoms with E-state index < -0.39 is 12.7 Å². The first kappa shape index (κ1) is 11.9. The lowest BCUT2D eigenvalue weighted by Gasteiger charge is -2.12. The zero-order valence-electron chi connectivity index (χ0n) is 9.03. The lowest BCUT2D eigenvalue weighted by molar-refractivity contribution is -0.125. The lowest BCUT2D eigenvalue weighted by atomic mass is 9.97. The molecule has 1 fully saturated rings. The molecule has 1 heterocycles. The van der Waals surface area contributed by atoms with Crippen LogP contribution >= 0.6 is 11.3 Å². The van der Waals surface area contributed by atoms with E-state index in [-0.39, 0.29) is 5.41 Å². The Kier molecular flexibility index (Phi) is 3.01. The molecule has 1 nitrogen and oxygen atoms in total. The number of thiophene rings is 1. The van der Waals surface area contributed by atoms with Crippen molar-refractivity contribution in [3.63, 3.8) is 0 Å². The largest absolute Gasteiger partial charge is 0.401 e. The molecule has 90 valence electrons. The van der Waals surface area contributed by atoms with Crippen LogP contribution in [0.25, 0.3) is 0 Å². The minimum Gasteiger partial charge on any atom is -0.305 e. The Labute approximate surface area is 96.7 Å². The smallest absolute Gasteiger partial charge is 0.305 e. The van der Waals surface area contributed by atoms with E-state index >= 15 is 0 Å². The van der Waals surface area contributed by atoms with E-state index in [4.69, 9.17) is 0 Å². The van der Waals surface area contributed by atoms with E-state index in [1.54, 1.807) is 11.3 Å². The van der Waals surface area contributed by atoms with Gasteiger partial charge in [0.15, 0.2) is 0 Å². The summed E-state index contributed by atoms with van der Waals surface area (Å²) in [5.41, 5.74) is 2.48. The molecule has 1 aromatic rings. The Morgan fingerprint density at radius 1 is 1.38 bits per heavy atom. The van der Waals surface area contributed by atoms with Gasteiger partial charge in [-0.2, -0.15) is 24.5 Å². The summed E-state index contributed by atoms with van der Waals surface area (Å²) < 4.78 is 35.9. The SMILES string of the molecule is CC1(c2cscc2CNCC(F)(F)F)CC1. The van der Waals surface area contributed by atoms with Crippen LogP contribution in [-0.4, -0.2) is 12.7 Å². The molecule has 5 heteroatoms. The van der Waals surface area contributed by atoms with Gasteiger partial charge >= 0.3 is 6.18 Å². The quantitative estimate of drug-likeness (QED) is 0.861. The number of rotatable bonds is 4. The fourth-order valence-corrected chi connectivity index (χ4v) is 2.80. The third-order valence-corrected chi connectivity index (χ3v) is 3.83. The second kappa shape index (κ2) is 4.04. The molecule has 0 bridgehead atoms. The third kappa shape index (κ3) is 2.77. The normalized spacial score (nSPS) is 18.8. The second-order valence-corrected chi connectivity index (χ2v) is 5.33. The minimum atomic E-state index is -4.13. The highest BCUT2D eigenvalue weighted by Gasteiger charge is 2.40. The molecule has 0 spiro atoms. The molecule has 16 heavy (non-hydrogen) atoms. The molecule has 0 saturated heterocycles. The molecule has 1 aliphatic carbocycles. The first-order valence-electron chi connectivity index (χ1n) is 5.24. The minimum absolute atomic E-state index is 0.231. The third-order valence-electron chi connectivity index (χ3n) is 3.03. The highest BCUT2D eigenvalue weighted by Crippen LogP contribution is 2.49. The van der Waals surface area contributed by atoms with Crippen LogP contribution in [0, 0.1) is 0 Å². The summed E-state index contributed by atoms with van der Waals surface area (Å²) in [6, 6.07) is 0. The average Bonchev–Trinajstić information content (AvgIpc) is 2.74. The molecule has 2 rings (SSSR count). The fraction of sp³-hybridized carbons (Fsp3) is 0.636. The van der Waals surface area contributed by atoms with E-state index in [2.05, 4.69) is 17.6 Å². The van der Waals surface area contributed by atoms with Crippen LogP contribution in [0.2, 0.25) is 0 Å². The van der Waals surface area contributed by atoms with Crippen molar-refractivity contribution < 1.29 is 13.2 Å². The zero-order valence-corrected chi connectivity index (χ0v) is 9.84. The molecule has 1 saturated carbocycles. The van der Waals surface area contributed by atoms with Crippen LogP contribution in [0.4, 0.5) is 13.2 Å². The molecule has 0 radical (unpaired) electrons. The maximum atomic E-state index is 12.0. The molecule has 1 N–H and O–H groups in total. The van der Waals surface area contributed by atoms with Crippen LogP contribution in [0.1, 0.15) is 30.9 Å². The van der Waals surface area contributed by atoms with Crippen molar-refractivity contribution >= 4 is 11.3 Å². The fourth-order valence-electron chi connectivity index (χ4n) is 1.79. The topological polar surface area (TPSA) is 12.0 Å². The number of nitrogens with one attached hydrogen (secondary N) is 1. The summed E-state index contributed by atoms with van der Waals surface area (Å²) in [4.78, 5) is 0. The Morgan fingerprint density at radius 3 is 2.62 bits per heavy atom. The molecule has 1 aliphatic rings. The van der Waals surface area contributed by atoms with E-state index in [1.807, 2.05) is 5.38 Å². The van der Waals surface area contributed by atoms with Gasteiger partial charge in [0.1, 0.15) is 0 Å². The Hall–Kier alpha value is -0.550. The number of hydrogen-bond donors (Lipinski definition) is 1.